The summed E-state index contributed by atoms with van der Waals surface area (Å²) in [6, 6.07) is 3.17. The number of nitrogens with zero attached hydrogens (tertiary/aromatic N) is 1. The third-order valence-electron chi connectivity index (χ3n) is 2.59. The Morgan fingerprint density at radius 2 is 2.53 bits per heavy atom. The fourth-order valence-corrected chi connectivity index (χ4v) is 2.45. The predicted molar refractivity (Wildman–Crippen MR) is 58.5 cm³/mol. The van der Waals surface area contributed by atoms with Gasteiger partial charge in [-0.3, -0.25) is 4.79 Å². The van der Waals surface area contributed by atoms with E-state index in [-0.39, 0.29) is 12.0 Å². The lowest BCUT2D eigenvalue weighted by atomic mass is 10.2. The standard InChI is InChI=1S/C10H14N2O2S/c11-9(8-2-1-5-15-8)10(14)12-4-3-7(13)6-12/h1-2,5,7,9,13H,3-4,6,11H2/t7-,9?/m1/s1. The molecule has 1 aliphatic rings. The highest BCUT2D eigenvalue weighted by atomic mass is 32.1. The second-order valence-electron chi connectivity index (χ2n) is 3.72. The maximum Gasteiger partial charge on any atom is 0.245 e. The van der Waals surface area contributed by atoms with Gasteiger partial charge in [-0.1, -0.05) is 6.07 Å². The van der Waals surface area contributed by atoms with E-state index in [9.17, 15) is 9.90 Å². The molecule has 1 aromatic rings. The number of rotatable bonds is 2. The molecule has 1 aliphatic heterocycles. The van der Waals surface area contributed by atoms with E-state index in [4.69, 9.17) is 5.73 Å². The van der Waals surface area contributed by atoms with Crippen LogP contribution in [0.5, 0.6) is 0 Å². The van der Waals surface area contributed by atoms with Crippen molar-refractivity contribution in [3.8, 4) is 0 Å². The van der Waals surface area contributed by atoms with E-state index in [1.54, 1.807) is 4.90 Å². The van der Waals surface area contributed by atoms with Crippen molar-refractivity contribution in [3.05, 3.63) is 22.4 Å². The summed E-state index contributed by atoms with van der Waals surface area (Å²) in [4.78, 5) is 14.4. The topological polar surface area (TPSA) is 66.6 Å². The second kappa shape index (κ2) is 4.30. The van der Waals surface area contributed by atoms with Crippen molar-refractivity contribution in [2.45, 2.75) is 18.6 Å². The Kier molecular flexibility index (Phi) is 3.04. The number of hydrogen-bond acceptors (Lipinski definition) is 4. The van der Waals surface area contributed by atoms with Crippen LogP contribution in [0.15, 0.2) is 17.5 Å². The molecule has 2 rings (SSSR count). The van der Waals surface area contributed by atoms with Crippen LogP contribution in [0.2, 0.25) is 0 Å². The number of amides is 1. The van der Waals surface area contributed by atoms with Crippen LogP contribution in [-0.2, 0) is 4.79 Å². The number of likely N-dealkylation sites (tertiary alicyclic amines) is 1. The molecule has 1 amide bonds. The van der Waals surface area contributed by atoms with Crippen molar-refractivity contribution >= 4 is 17.2 Å². The van der Waals surface area contributed by atoms with E-state index in [1.165, 1.54) is 11.3 Å². The molecule has 15 heavy (non-hydrogen) atoms. The summed E-state index contributed by atoms with van der Waals surface area (Å²) < 4.78 is 0. The third-order valence-corrected chi connectivity index (χ3v) is 3.55. The van der Waals surface area contributed by atoms with Gasteiger partial charge < -0.3 is 15.7 Å². The molecule has 0 saturated carbocycles. The van der Waals surface area contributed by atoms with Gasteiger partial charge in [0.1, 0.15) is 6.04 Å². The summed E-state index contributed by atoms with van der Waals surface area (Å²) in [7, 11) is 0. The molecular formula is C10H14N2O2S. The van der Waals surface area contributed by atoms with Gasteiger partial charge in [0, 0.05) is 18.0 Å². The van der Waals surface area contributed by atoms with Crippen molar-refractivity contribution in [3.63, 3.8) is 0 Å². The molecule has 0 bridgehead atoms. The van der Waals surface area contributed by atoms with Crippen LogP contribution < -0.4 is 5.73 Å². The number of carbonyl (C=O) groups excluding carboxylic acids is 1. The highest BCUT2D eigenvalue weighted by Gasteiger charge is 2.29. The highest BCUT2D eigenvalue weighted by Crippen LogP contribution is 2.21. The number of hydrogen-bond donors (Lipinski definition) is 2. The third kappa shape index (κ3) is 2.19. The summed E-state index contributed by atoms with van der Waals surface area (Å²) in [5.41, 5.74) is 5.85. The molecule has 0 aromatic carbocycles. The minimum atomic E-state index is -0.574. The van der Waals surface area contributed by atoms with Gasteiger partial charge in [0.2, 0.25) is 5.91 Å². The van der Waals surface area contributed by atoms with Crippen LogP contribution in [0.1, 0.15) is 17.3 Å². The van der Waals surface area contributed by atoms with E-state index < -0.39 is 6.04 Å². The van der Waals surface area contributed by atoms with Crippen molar-refractivity contribution in [2.75, 3.05) is 13.1 Å². The van der Waals surface area contributed by atoms with E-state index >= 15 is 0 Å². The molecular weight excluding hydrogens is 212 g/mol. The number of carbonyl (C=O) groups is 1. The summed E-state index contributed by atoms with van der Waals surface area (Å²) >= 11 is 1.48. The molecule has 1 fully saturated rings. The van der Waals surface area contributed by atoms with Gasteiger partial charge in [0.25, 0.3) is 0 Å². The van der Waals surface area contributed by atoms with Crippen molar-refractivity contribution in [1.82, 2.24) is 4.90 Å². The first-order valence-corrected chi connectivity index (χ1v) is 5.82. The Bertz CT molecular complexity index is 339. The fourth-order valence-electron chi connectivity index (χ4n) is 1.73. The minimum Gasteiger partial charge on any atom is -0.391 e. The van der Waals surface area contributed by atoms with Gasteiger partial charge in [-0.05, 0) is 17.9 Å². The Morgan fingerprint density at radius 3 is 3.07 bits per heavy atom. The van der Waals surface area contributed by atoms with Crippen molar-refractivity contribution < 1.29 is 9.90 Å². The van der Waals surface area contributed by atoms with Crippen LogP contribution in [-0.4, -0.2) is 35.1 Å². The van der Waals surface area contributed by atoms with Gasteiger partial charge in [-0.2, -0.15) is 0 Å². The summed E-state index contributed by atoms with van der Waals surface area (Å²) in [5, 5.41) is 11.2. The maximum atomic E-state index is 11.9. The summed E-state index contributed by atoms with van der Waals surface area (Å²) in [6.45, 7) is 1.02. The number of aliphatic hydroxyl groups is 1. The van der Waals surface area contributed by atoms with Gasteiger partial charge in [-0.25, -0.2) is 0 Å². The summed E-state index contributed by atoms with van der Waals surface area (Å²) in [5.74, 6) is -0.0889. The number of β-amino-alcohol motifs (C(OH)–C–C–N with tert-alkyl or cyclic N) is 1. The largest absolute Gasteiger partial charge is 0.391 e. The lowest BCUT2D eigenvalue weighted by Gasteiger charge is -2.19. The summed E-state index contributed by atoms with van der Waals surface area (Å²) in [6.07, 6.45) is 0.271. The average molecular weight is 226 g/mol. The van der Waals surface area contributed by atoms with Gasteiger partial charge >= 0.3 is 0 Å². The Hall–Kier alpha value is -0.910. The zero-order chi connectivity index (χ0) is 10.8. The molecule has 0 radical (unpaired) electrons. The fraction of sp³-hybridized carbons (Fsp3) is 0.500. The van der Waals surface area contributed by atoms with E-state index in [0.717, 1.165) is 4.88 Å². The average Bonchev–Trinajstić information content (AvgIpc) is 2.85. The van der Waals surface area contributed by atoms with E-state index in [0.29, 0.717) is 19.5 Å². The van der Waals surface area contributed by atoms with Gasteiger partial charge in [0.05, 0.1) is 6.10 Å². The van der Waals surface area contributed by atoms with Crippen LogP contribution >= 0.6 is 11.3 Å². The zero-order valence-electron chi connectivity index (χ0n) is 8.30. The first kappa shape index (κ1) is 10.6. The molecule has 82 valence electrons. The molecule has 0 aliphatic carbocycles. The number of aliphatic hydroxyl groups excluding tert-OH is 1. The normalized spacial score (nSPS) is 23.1. The second-order valence-corrected chi connectivity index (χ2v) is 4.70. The molecule has 2 heterocycles. The first-order valence-electron chi connectivity index (χ1n) is 4.94. The lowest BCUT2D eigenvalue weighted by molar-refractivity contribution is -0.131. The molecule has 5 heteroatoms. The monoisotopic (exact) mass is 226 g/mol. The zero-order valence-corrected chi connectivity index (χ0v) is 9.11. The van der Waals surface area contributed by atoms with E-state index in [2.05, 4.69) is 0 Å². The maximum absolute atomic E-state index is 11.9. The van der Waals surface area contributed by atoms with Crippen molar-refractivity contribution in [1.29, 1.82) is 0 Å². The molecule has 1 saturated heterocycles. The molecule has 0 spiro atoms. The molecule has 2 atom stereocenters. The molecule has 4 nitrogen and oxygen atoms in total. The minimum absolute atomic E-state index is 0.0889. The van der Waals surface area contributed by atoms with Crippen LogP contribution in [0.25, 0.3) is 0 Å². The molecule has 3 N–H and O–H groups in total. The van der Waals surface area contributed by atoms with Crippen molar-refractivity contribution in [2.24, 2.45) is 5.73 Å². The SMILES string of the molecule is NC(C(=O)N1CC[C@@H](O)C1)c1cccs1. The first-order chi connectivity index (χ1) is 7.18. The highest BCUT2D eigenvalue weighted by molar-refractivity contribution is 7.10. The van der Waals surface area contributed by atoms with Crippen LogP contribution in [0.3, 0.4) is 0 Å². The smallest absolute Gasteiger partial charge is 0.245 e. The Labute approximate surface area is 92.3 Å². The lowest BCUT2D eigenvalue weighted by Crippen LogP contribution is -2.37. The number of nitrogens with two attached hydrogens (primary N) is 1. The number of thiophene rings is 1. The predicted octanol–water partition coefficient (Wildman–Crippen LogP) is 0.341. The van der Waals surface area contributed by atoms with Gasteiger partial charge in [-0.15, -0.1) is 11.3 Å². The van der Waals surface area contributed by atoms with E-state index in [1.807, 2.05) is 17.5 Å². The van der Waals surface area contributed by atoms with Crippen LogP contribution in [0.4, 0.5) is 0 Å². The van der Waals surface area contributed by atoms with Crippen LogP contribution in [0, 0.1) is 0 Å². The Morgan fingerprint density at radius 1 is 1.73 bits per heavy atom. The van der Waals surface area contributed by atoms with Gasteiger partial charge in [0.15, 0.2) is 0 Å². The quantitative estimate of drug-likeness (QED) is 0.764. The molecule has 1 aromatic heterocycles. The Balaban J connectivity index is 2.02. The molecule has 1 unspecified atom stereocenters.